The largest absolute Gasteiger partial charge is 0.370 e. The van der Waals surface area contributed by atoms with E-state index in [-0.39, 0.29) is 11.4 Å². The number of nitrogens with one attached hydrogen (secondary N) is 1. The monoisotopic (exact) mass is 412 g/mol. The smallest absolute Gasteiger partial charge is 0.181 e. The lowest BCUT2D eigenvalue weighted by atomic mass is 9.99. The number of hydrogen-bond donors (Lipinski definition) is 2. The third-order valence-electron chi connectivity index (χ3n) is 5.11. The zero-order valence-corrected chi connectivity index (χ0v) is 17.6. The fourth-order valence-corrected chi connectivity index (χ4v) is 3.84. The van der Waals surface area contributed by atoms with Crippen molar-refractivity contribution in [2.75, 3.05) is 31.1 Å². The summed E-state index contributed by atoms with van der Waals surface area (Å²) in [5.41, 5.74) is 2.68. The fourth-order valence-electron chi connectivity index (χ4n) is 3.84. The van der Waals surface area contributed by atoms with Crippen LogP contribution < -0.4 is 10.7 Å². The summed E-state index contributed by atoms with van der Waals surface area (Å²) in [5, 5.41) is 23.0. The van der Waals surface area contributed by atoms with Gasteiger partial charge in [-0.05, 0) is 48.6 Å². The van der Waals surface area contributed by atoms with Crippen molar-refractivity contribution in [1.82, 2.24) is 15.1 Å². The van der Waals surface area contributed by atoms with Crippen LogP contribution in [0.2, 0.25) is 0 Å². The molecule has 3 rings (SSSR count). The number of amidine groups is 1. The topological polar surface area (TPSA) is 107 Å². The number of nitrogens with zero attached hydrogens (tertiary/aromatic N) is 6. The number of aromatic nitrogens is 2. The number of rotatable bonds is 6. The molecule has 1 aliphatic rings. The van der Waals surface area contributed by atoms with Crippen molar-refractivity contribution in [3.63, 3.8) is 0 Å². The molecule has 0 unspecified atom stereocenters. The summed E-state index contributed by atoms with van der Waals surface area (Å²) in [6.45, 7) is 8.13. The van der Waals surface area contributed by atoms with E-state index < -0.39 is 5.82 Å². The molecule has 0 aliphatic carbocycles. The third-order valence-corrected chi connectivity index (χ3v) is 5.11. The predicted molar refractivity (Wildman–Crippen MR) is 115 cm³/mol. The van der Waals surface area contributed by atoms with Gasteiger partial charge in [-0.1, -0.05) is 19.1 Å². The van der Waals surface area contributed by atoms with Crippen LogP contribution in [0.1, 0.15) is 37.1 Å². The molecule has 0 bridgehead atoms. The molecule has 0 spiro atoms. The molecule has 160 valence electrons. The van der Waals surface area contributed by atoms with E-state index in [4.69, 9.17) is 11.3 Å². The SMILES string of the molecule is CC(C)Cc1cc(F)c(C(=N)/N=N\N)c(N2CCCN(Cc3cccnn3)CC2)c1. The van der Waals surface area contributed by atoms with Crippen molar-refractivity contribution in [2.45, 2.75) is 33.2 Å². The van der Waals surface area contributed by atoms with E-state index >= 15 is 4.39 Å². The van der Waals surface area contributed by atoms with Gasteiger partial charge < -0.3 is 10.7 Å². The first-order valence-electron chi connectivity index (χ1n) is 10.2. The Bertz CT molecular complexity index is 884. The lowest BCUT2D eigenvalue weighted by molar-refractivity contribution is 0.281. The first-order chi connectivity index (χ1) is 14.5. The van der Waals surface area contributed by atoms with E-state index in [0.717, 1.165) is 50.3 Å². The normalized spacial score (nSPS) is 15.7. The maximum absolute atomic E-state index is 15.0. The van der Waals surface area contributed by atoms with E-state index in [1.54, 1.807) is 6.20 Å². The van der Waals surface area contributed by atoms with Crippen LogP contribution in [0.5, 0.6) is 0 Å². The van der Waals surface area contributed by atoms with E-state index in [2.05, 4.69) is 44.2 Å². The number of hydrogen-bond acceptors (Lipinski definition) is 6. The quantitative estimate of drug-likeness (QED) is 0.249. The van der Waals surface area contributed by atoms with Gasteiger partial charge in [-0.25, -0.2) is 4.39 Å². The standard InChI is InChI=1S/C21H29FN8/c1-15(2)11-16-12-18(22)20(21(23)27-28-24)19(13-16)30-8-4-7-29(9-10-30)14-17-5-3-6-25-26-17/h3,5-6,12-13,15H,4,7-11,14H2,1-2H3,(H3,23,24,27). The van der Waals surface area contributed by atoms with Crippen molar-refractivity contribution < 1.29 is 4.39 Å². The highest BCUT2D eigenvalue weighted by molar-refractivity contribution is 6.02. The highest BCUT2D eigenvalue weighted by Crippen LogP contribution is 2.29. The minimum absolute atomic E-state index is 0.152. The van der Waals surface area contributed by atoms with Gasteiger partial charge in [0.15, 0.2) is 5.84 Å². The summed E-state index contributed by atoms with van der Waals surface area (Å²) >= 11 is 0. The fraction of sp³-hybridized carbons (Fsp3) is 0.476. The molecule has 0 amide bonds. The molecular weight excluding hydrogens is 383 g/mol. The Morgan fingerprint density at radius 1 is 1.27 bits per heavy atom. The van der Waals surface area contributed by atoms with Crippen LogP contribution in [0.15, 0.2) is 40.8 Å². The molecule has 30 heavy (non-hydrogen) atoms. The average molecular weight is 413 g/mol. The molecule has 0 radical (unpaired) electrons. The van der Waals surface area contributed by atoms with Gasteiger partial charge in [-0.2, -0.15) is 10.2 Å². The summed E-state index contributed by atoms with van der Waals surface area (Å²) in [7, 11) is 0. The Hall–Kier alpha value is -2.94. The Morgan fingerprint density at radius 2 is 2.10 bits per heavy atom. The van der Waals surface area contributed by atoms with Gasteiger partial charge >= 0.3 is 0 Å². The summed E-state index contributed by atoms with van der Waals surface area (Å²) in [6.07, 6.45) is 3.35. The molecule has 0 atom stereocenters. The minimum Gasteiger partial charge on any atom is -0.370 e. The van der Waals surface area contributed by atoms with Gasteiger partial charge in [0.2, 0.25) is 0 Å². The van der Waals surface area contributed by atoms with Gasteiger partial charge in [-0.3, -0.25) is 10.3 Å². The van der Waals surface area contributed by atoms with Crippen molar-refractivity contribution in [3.05, 3.63) is 53.1 Å². The Labute approximate surface area is 176 Å². The molecule has 0 saturated carbocycles. The predicted octanol–water partition coefficient (Wildman–Crippen LogP) is 3.18. The molecule has 1 aliphatic heterocycles. The van der Waals surface area contributed by atoms with Crippen LogP contribution >= 0.6 is 0 Å². The summed E-state index contributed by atoms with van der Waals surface area (Å²) in [4.78, 5) is 4.46. The van der Waals surface area contributed by atoms with Crippen LogP contribution in [0.25, 0.3) is 0 Å². The highest BCUT2D eigenvalue weighted by atomic mass is 19.1. The first kappa shape index (κ1) is 21.8. The minimum atomic E-state index is -0.457. The average Bonchev–Trinajstić information content (AvgIpc) is 2.93. The molecule has 2 heterocycles. The molecular formula is C21H29FN8. The molecule has 3 N–H and O–H groups in total. The maximum atomic E-state index is 15.0. The summed E-state index contributed by atoms with van der Waals surface area (Å²) < 4.78 is 15.0. The Balaban J connectivity index is 1.85. The molecule has 1 saturated heterocycles. The summed E-state index contributed by atoms with van der Waals surface area (Å²) in [6, 6.07) is 7.34. The van der Waals surface area contributed by atoms with Crippen LogP contribution in [0.3, 0.4) is 0 Å². The first-order valence-corrected chi connectivity index (χ1v) is 10.2. The molecule has 2 aromatic rings. The number of benzene rings is 1. The van der Waals surface area contributed by atoms with Crippen LogP contribution in [0.4, 0.5) is 10.1 Å². The van der Waals surface area contributed by atoms with E-state index in [1.807, 2.05) is 18.2 Å². The number of halogens is 1. The molecule has 1 fully saturated rings. The Morgan fingerprint density at radius 3 is 2.80 bits per heavy atom. The van der Waals surface area contributed by atoms with Crippen molar-refractivity contribution >= 4 is 11.5 Å². The second-order valence-electron chi connectivity index (χ2n) is 7.97. The molecule has 9 heteroatoms. The van der Waals surface area contributed by atoms with Crippen molar-refractivity contribution in [3.8, 4) is 0 Å². The second-order valence-corrected chi connectivity index (χ2v) is 7.97. The zero-order chi connectivity index (χ0) is 21.5. The van der Waals surface area contributed by atoms with Gasteiger partial charge in [-0.15, -0.1) is 5.11 Å². The van der Waals surface area contributed by atoms with Crippen LogP contribution in [-0.4, -0.2) is 47.1 Å². The van der Waals surface area contributed by atoms with E-state index in [0.29, 0.717) is 18.2 Å². The number of nitrogens with two attached hydrogens (primary N) is 1. The van der Waals surface area contributed by atoms with Gasteiger partial charge in [0, 0.05) is 38.9 Å². The van der Waals surface area contributed by atoms with Crippen LogP contribution in [-0.2, 0) is 13.0 Å². The van der Waals surface area contributed by atoms with Gasteiger partial charge in [0.1, 0.15) is 5.82 Å². The van der Waals surface area contributed by atoms with E-state index in [9.17, 15) is 0 Å². The van der Waals surface area contributed by atoms with Crippen molar-refractivity contribution in [1.29, 1.82) is 5.41 Å². The summed E-state index contributed by atoms with van der Waals surface area (Å²) in [5.74, 6) is 4.80. The van der Waals surface area contributed by atoms with Crippen molar-refractivity contribution in [2.24, 2.45) is 22.1 Å². The maximum Gasteiger partial charge on any atom is 0.181 e. The zero-order valence-electron chi connectivity index (χ0n) is 17.6. The van der Waals surface area contributed by atoms with E-state index in [1.165, 1.54) is 6.07 Å². The van der Waals surface area contributed by atoms with Gasteiger partial charge in [0.25, 0.3) is 0 Å². The lowest BCUT2D eigenvalue weighted by Crippen LogP contribution is -2.32. The molecule has 1 aromatic carbocycles. The molecule has 1 aromatic heterocycles. The van der Waals surface area contributed by atoms with Crippen LogP contribution in [0, 0.1) is 17.1 Å². The highest BCUT2D eigenvalue weighted by Gasteiger charge is 2.23. The number of anilines is 1. The second kappa shape index (κ2) is 10.2. The van der Waals surface area contributed by atoms with Gasteiger partial charge in [0.05, 0.1) is 16.9 Å². The Kier molecular flexibility index (Phi) is 7.40. The molecule has 8 nitrogen and oxygen atoms in total. The third kappa shape index (κ3) is 5.56. The lowest BCUT2D eigenvalue weighted by Gasteiger charge is -2.26.